The second kappa shape index (κ2) is 37.7. The molecule has 8 aliphatic rings. The first-order valence-electron chi connectivity index (χ1n) is 38.7. The number of aromatic hydroxyl groups is 4. The van der Waals surface area contributed by atoms with Gasteiger partial charge in [0.1, 0.15) is 132 Å². The summed E-state index contributed by atoms with van der Waals surface area (Å²) in [4.78, 5) is 123. The van der Waals surface area contributed by atoms with E-state index in [4.69, 9.17) is 79.6 Å². The minimum absolute atomic E-state index is 0.0858. The minimum Gasteiger partial charge on any atom is -0.508 e. The predicted octanol–water partition coefficient (Wildman–Crippen LogP) is 4.50. The van der Waals surface area contributed by atoms with Crippen molar-refractivity contribution in [1.29, 1.82) is 0 Å². The van der Waals surface area contributed by atoms with Crippen LogP contribution in [-0.4, -0.2) is 213 Å². The second-order valence-electron chi connectivity index (χ2n) is 30.5. The molecule has 0 aromatic heterocycles. The molecular weight excluding hydrogens is 1700 g/mol. The monoisotopic (exact) mass is 1790 g/mol. The summed E-state index contributed by atoms with van der Waals surface area (Å²) in [6, 6.07) is -0.564. The molecule has 19 atom stereocenters. The number of ether oxygens (including phenoxy) is 7. The van der Waals surface area contributed by atoms with E-state index in [0.29, 0.717) is 18.8 Å². The third-order valence-electron chi connectivity index (χ3n) is 21.7. The van der Waals surface area contributed by atoms with Gasteiger partial charge < -0.3 is 147 Å². The molecule has 7 amide bonds. The first-order chi connectivity index (χ1) is 58.5. The fraction of sp³-hybridized carbons (Fsp3) is 0.390. The number of aliphatic hydroxyl groups excluding tert-OH is 9. The number of likely N-dealkylation sites (N-methyl/N-ethyl adjacent to an activating group) is 1. The first kappa shape index (κ1) is 89.9. The number of fused-ring (bicyclic) bond motifs is 14. The molecule has 17 bridgehead atoms. The van der Waals surface area contributed by atoms with Gasteiger partial charge in [-0.3, -0.25) is 33.6 Å². The molecule has 2 saturated heterocycles. The number of halogens is 4. The van der Waals surface area contributed by atoms with Crippen LogP contribution in [0.4, 0.5) is 0 Å². The molecule has 7 aromatic rings. The summed E-state index contributed by atoms with van der Waals surface area (Å²) >= 11 is 28.6. The summed E-state index contributed by atoms with van der Waals surface area (Å²) in [5.41, 5.74) is -4.31. The fourth-order valence-corrected chi connectivity index (χ4v) is 16.2. The van der Waals surface area contributed by atoms with Gasteiger partial charge in [-0.25, -0.2) is 4.79 Å². The van der Waals surface area contributed by atoms with E-state index in [0.717, 1.165) is 111 Å². The van der Waals surface area contributed by atoms with Crippen molar-refractivity contribution in [2.45, 2.75) is 175 Å². The molecule has 8 heterocycles. The van der Waals surface area contributed by atoms with Crippen LogP contribution in [0, 0.1) is 5.92 Å². The van der Waals surface area contributed by atoms with Crippen LogP contribution in [0.2, 0.25) is 20.1 Å². The van der Waals surface area contributed by atoms with Crippen molar-refractivity contribution in [2.75, 3.05) is 20.3 Å². The Morgan fingerprint density at radius 3 is 1.73 bits per heavy atom. The lowest BCUT2D eigenvalue weighted by Crippen LogP contribution is -2.65. The van der Waals surface area contributed by atoms with Crippen LogP contribution in [0.5, 0.6) is 69.0 Å². The molecule has 0 aliphatic carbocycles. The highest BCUT2D eigenvalue weighted by molar-refractivity contribution is 6.37. The van der Waals surface area contributed by atoms with Crippen molar-refractivity contribution in [3.05, 3.63) is 162 Å². The predicted molar refractivity (Wildman–Crippen MR) is 430 cm³/mol. The van der Waals surface area contributed by atoms with E-state index in [-0.39, 0.29) is 23.3 Å². The van der Waals surface area contributed by atoms with E-state index >= 15 is 24.0 Å². The third-order valence-corrected chi connectivity index (χ3v) is 22.9. The number of hydrogen-bond acceptors (Lipinski definition) is 29. The van der Waals surface area contributed by atoms with Gasteiger partial charge in [-0.2, -0.15) is 0 Å². The number of benzene rings is 7. The maximum atomic E-state index is 16.7. The van der Waals surface area contributed by atoms with Gasteiger partial charge in [0.05, 0.1) is 33.3 Å². The third kappa shape index (κ3) is 19.0. The summed E-state index contributed by atoms with van der Waals surface area (Å²) < 4.78 is 44.2. The average Bonchev–Trinajstić information content (AvgIpc) is 0.749. The molecule has 0 spiro atoms. The Morgan fingerprint density at radius 1 is 0.496 bits per heavy atom. The number of aliphatic hydroxyl groups is 9. The number of carbonyl (C=O) groups is 8. The number of carboxylic acids is 1. The van der Waals surface area contributed by atoms with Crippen LogP contribution in [-0.2, 0) is 47.8 Å². The van der Waals surface area contributed by atoms with Gasteiger partial charge >= 0.3 is 5.97 Å². The Balaban J connectivity index is 1.06. The van der Waals surface area contributed by atoms with Crippen molar-refractivity contribution in [3.63, 3.8) is 0 Å². The molecule has 123 heavy (non-hydrogen) atoms. The van der Waals surface area contributed by atoms with Crippen molar-refractivity contribution in [2.24, 2.45) is 5.92 Å². The summed E-state index contributed by atoms with van der Waals surface area (Å²) in [6.45, 7) is 2.19. The minimum atomic E-state index is -2.55. The van der Waals surface area contributed by atoms with Crippen LogP contribution in [0.3, 0.4) is 0 Å². The molecule has 37 nitrogen and oxygen atoms in total. The summed E-state index contributed by atoms with van der Waals surface area (Å²) in [6.07, 6.45) is -18.2. The fourth-order valence-electron chi connectivity index (χ4n) is 15.2. The number of aliphatic carboxylic acids is 1. The lowest BCUT2D eigenvalue weighted by atomic mass is 9.89. The van der Waals surface area contributed by atoms with Crippen molar-refractivity contribution < 1.29 is 143 Å². The Bertz CT molecular complexity index is 5240. The first-order valence-corrected chi connectivity index (χ1v) is 40.3. The van der Waals surface area contributed by atoms with Gasteiger partial charge in [0.2, 0.25) is 59.7 Å². The van der Waals surface area contributed by atoms with E-state index in [1.165, 1.54) is 25.2 Å². The molecule has 8 aliphatic heterocycles. The van der Waals surface area contributed by atoms with Gasteiger partial charge in [0, 0.05) is 40.8 Å². The molecule has 9 unspecified atom stereocenters. The number of phenols is 4. The zero-order valence-electron chi connectivity index (χ0n) is 65.1. The van der Waals surface area contributed by atoms with E-state index in [2.05, 4.69) is 56.4 Å². The van der Waals surface area contributed by atoms with Gasteiger partial charge in [-0.05, 0) is 120 Å². The number of rotatable bonds is 17. The smallest absolute Gasteiger partial charge is 0.330 e. The standard InChI is InChI=1S/C82H86Cl4N8O29/c1-30(2)9-7-5-4-6-8-10-54(101)88-64-69(106)67(104)52(28-95)121-81(64)123-73-50-22-34-23-51(73)119-72-42(84)19-35(20-43(72)85)66(103)63-79(114)92-61(80(115)116)39-24-36(97)25-49(120-82-71(108)70(107)68(105)53(29-96)122-82)55(39)38-17-31(11-14-44(38)98)58(75(110)94-63)89-76(111)59(34)90-77(112)60-40-26-37(27-46(100)56(40)86)117-48-21-32(12-15-45(48)99)57(87-3)74(109)93-62(78(113)91-60)65(102)33-13-16-47(118-50)41(83)18-33/h11-27,30,52-53,57-71,81-82,87,95-100,102-108H,4-10,28-29H2,1-3H3,(H,88,101)(H,89,111)(H,90,112)(H,91,113)(H,92,114)(H,93,109)(H,94,110)(H,115,116)/t52-,53-,57?,58?,59?,60?,61?,62?,63?,64-,65?,66?,67-,68-,69-,70+,71+,81+,82+/m1/s1. The normalized spacial score (nSPS) is 27.0. The van der Waals surface area contributed by atoms with Gasteiger partial charge in [-0.15, -0.1) is 0 Å². The second-order valence-corrected chi connectivity index (χ2v) is 32.1. The molecule has 0 radical (unpaired) electrons. The average molecular weight is 1790 g/mol. The van der Waals surface area contributed by atoms with Gasteiger partial charge in [-0.1, -0.05) is 111 Å². The Labute approximate surface area is 718 Å². The number of nitrogens with one attached hydrogen (secondary N) is 8. The highest BCUT2D eigenvalue weighted by atomic mass is 35.5. The highest BCUT2D eigenvalue weighted by Crippen LogP contribution is 2.52. The van der Waals surface area contributed by atoms with E-state index < -0.39 is 299 Å². The molecular formula is C82H86Cl4N8O29. The van der Waals surface area contributed by atoms with Crippen molar-refractivity contribution >= 4 is 93.7 Å². The van der Waals surface area contributed by atoms with Crippen LogP contribution in [0.25, 0.3) is 11.1 Å². The number of carboxylic acid groups (broad SMARTS) is 1. The van der Waals surface area contributed by atoms with Crippen molar-refractivity contribution in [1.82, 2.24) is 42.5 Å². The molecule has 2 fully saturated rings. The van der Waals surface area contributed by atoms with Gasteiger partial charge in [0.15, 0.2) is 34.8 Å². The molecule has 41 heteroatoms. The Kier molecular flexibility index (Phi) is 27.6. The topological polar surface area (TPSA) is 581 Å². The number of hydrogen-bond donors (Lipinski definition) is 22. The highest BCUT2D eigenvalue weighted by Gasteiger charge is 2.50. The summed E-state index contributed by atoms with van der Waals surface area (Å²) in [5, 5.41) is 179. The largest absolute Gasteiger partial charge is 0.508 e. The molecule has 0 saturated carbocycles. The number of amides is 7. The molecule has 15 rings (SSSR count). The summed E-state index contributed by atoms with van der Waals surface area (Å²) in [7, 11) is 1.35. The number of carbonyl (C=O) groups excluding carboxylic acids is 7. The Hall–Kier alpha value is -10.8. The van der Waals surface area contributed by atoms with Gasteiger partial charge in [0.25, 0.3) is 0 Å². The van der Waals surface area contributed by atoms with E-state index in [9.17, 15) is 85.9 Å². The quantitative estimate of drug-likeness (QED) is 0.0558. The molecule has 7 aromatic carbocycles. The molecule has 22 N–H and O–H groups in total. The SMILES string of the molecule is CNC1C(=O)NC2C(=O)NC(C(=O)NC3C(=O)NC4C(=O)NC(C(=O)NC(C(=O)O)c5cc(O)cc(O[C@H]6O[C@H](CO)[C@@H](O)[C@H](O)[C@@H]6O)c5-c5cc4ccc5O)C(O)c4cc(Cl)c(c(Cl)c4)Oc4cc3cc(c4O[C@@H]3O[C@H](CO)[C@@H](O)[C@H](O)[C@H]3NC(=O)CCCCCCCC(C)C)Oc3ccc(cc3Cl)C2O)c2cc(cc(O)c2Cl)Oc2cc1ccc2O. The lowest BCUT2D eigenvalue weighted by molar-refractivity contribution is -0.277. The maximum Gasteiger partial charge on any atom is 0.330 e. The Morgan fingerprint density at radius 2 is 1.07 bits per heavy atom. The summed E-state index contributed by atoms with van der Waals surface area (Å²) in [5.74, 6) is -18.9. The van der Waals surface area contributed by atoms with Crippen molar-refractivity contribution in [3.8, 4) is 80.1 Å². The van der Waals surface area contributed by atoms with E-state index in [1.54, 1.807) is 0 Å². The maximum absolute atomic E-state index is 16.7. The van der Waals surface area contributed by atoms with Crippen LogP contribution in [0.1, 0.15) is 140 Å². The van der Waals surface area contributed by atoms with E-state index in [1.807, 2.05) is 0 Å². The molecule has 656 valence electrons. The zero-order valence-corrected chi connectivity index (χ0v) is 68.1. The number of phenolic OH excluding ortho intramolecular Hbond substituents is 4. The van der Waals surface area contributed by atoms with Crippen LogP contribution < -0.4 is 66.2 Å². The van der Waals surface area contributed by atoms with Crippen LogP contribution >= 0.6 is 46.4 Å². The number of unbranched alkanes of at least 4 members (excludes halogenated alkanes) is 4. The lowest BCUT2D eigenvalue weighted by Gasteiger charge is -2.42. The zero-order chi connectivity index (χ0) is 88.6. The van der Waals surface area contributed by atoms with Crippen LogP contribution in [0.15, 0.2) is 103 Å².